The first kappa shape index (κ1) is 20.9. The van der Waals surface area contributed by atoms with Crippen molar-refractivity contribution >= 4 is 11.7 Å². The highest BCUT2D eigenvalue weighted by Gasteiger charge is 2.29. The monoisotopic (exact) mass is 418 g/mol. The number of pyridine rings is 1. The molecule has 3 heterocycles. The van der Waals surface area contributed by atoms with Crippen molar-refractivity contribution in [1.82, 2.24) is 14.5 Å². The van der Waals surface area contributed by atoms with Gasteiger partial charge >= 0.3 is 0 Å². The van der Waals surface area contributed by atoms with E-state index in [0.29, 0.717) is 42.8 Å². The zero-order chi connectivity index (χ0) is 22.0. The van der Waals surface area contributed by atoms with Gasteiger partial charge in [-0.3, -0.25) is 19.1 Å². The highest BCUT2D eigenvalue weighted by Crippen LogP contribution is 2.22. The Hall–Kier alpha value is -3.32. The van der Waals surface area contributed by atoms with Crippen LogP contribution in [0.5, 0.6) is 0 Å². The summed E-state index contributed by atoms with van der Waals surface area (Å²) in [4.78, 5) is 36.3. The van der Waals surface area contributed by atoms with Gasteiger partial charge < -0.3 is 9.64 Å². The zero-order valence-electron chi connectivity index (χ0n) is 18.0. The summed E-state index contributed by atoms with van der Waals surface area (Å²) in [5.41, 5.74) is 3.06. The normalized spacial score (nSPS) is 16.5. The van der Waals surface area contributed by atoms with Gasteiger partial charge in [-0.2, -0.15) is 0 Å². The minimum atomic E-state index is -0.611. The van der Waals surface area contributed by atoms with Crippen LogP contribution in [0.2, 0.25) is 0 Å². The Kier molecular flexibility index (Phi) is 5.95. The third-order valence-electron chi connectivity index (χ3n) is 5.59. The van der Waals surface area contributed by atoms with Crippen molar-refractivity contribution < 1.29 is 9.53 Å². The van der Waals surface area contributed by atoms with Gasteiger partial charge in [-0.05, 0) is 23.6 Å². The number of aromatic nitrogens is 3. The minimum absolute atomic E-state index is 0.0599. The zero-order valence-corrected chi connectivity index (χ0v) is 18.0. The van der Waals surface area contributed by atoms with Crippen LogP contribution in [0.25, 0.3) is 11.3 Å². The summed E-state index contributed by atoms with van der Waals surface area (Å²) < 4.78 is 7.30. The van der Waals surface area contributed by atoms with Crippen molar-refractivity contribution in [2.24, 2.45) is 7.05 Å². The molecule has 0 N–H and O–H groups in total. The molecule has 7 heteroatoms. The van der Waals surface area contributed by atoms with Gasteiger partial charge in [0.15, 0.2) is 5.78 Å². The van der Waals surface area contributed by atoms with Crippen molar-refractivity contribution in [3.05, 3.63) is 76.3 Å². The minimum Gasteiger partial charge on any atom is -0.366 e. The van der Waals surface area contributed by atoms with Crippen LogP contribution >= 0.6 is 0 Å². The van der Waals surface area contributed by atoms with E-state index < -0.39 is 6.10 Å². The lowest BCUT2D eigenvalue weighted by Gasteiger charge is -2.33. The van der Waals surface area contributed by atoms with Crippen molar-refractivity contribution in [3.8, 4) is 11.3 Å². The van der Waals surface area contributed by atoms with E-state index >= 15 is 0 Å². The number of nitrogens with zero attached hydrogens (tertiary/aromatic N) is 4. The van der Waals surface area contributed by atoms with E-state index in [4.69, 9.17) is 9.72 Å². The van der Waals surface area contributed by atoms with E-state index in [1.54, 1.807) is 19.4 Å². The second-order valence-electron chi connectivity index (χ2n) is 8.02. The smallest absolute Gasteiger partial charge is 0.255 e. The number of hydrogen-bond acceptors (Lipinski definition) is 6. The first-order chi connectivity index (χ1) is 14.9. The molecule has 1 aromatic carbocycles. The van der Waals surface area contributed by atoms with Gasteiger partial charge in [0.25, 0.3) is 5.56 Å². The third kappa shape index (κ3) is 4.41. The van der Waals surface area contributed by atoms with Crippen molar-refractivity contribution in [2.75, 3.05) is 24.6 Å². The molecule has 1 unspecified atom stereocenters. The predicted molar refractivity (Wildman–Crippen MR) is 120 cm³/mol. The molecule has 1 atom stereocenters. The summed E-state index contributed by atoms with van der Waals surface area (Å²) in [7, 11) is 1.69. The van der Waals surface area contributed by atoms with E-state index in [-0.39, 0.29) is 11.3 Å². The Balaban J connectivity index is 1.59. The van der Waals surface area contributed by atoms with E-state index in [1.807, 2.05) is 41.3 Å². The molecule has 0 saturated carbocycles. The average molecular weight is 418 g/mol. The number of benzene rings is 1. The lowest BCUT2D eigenvalue weighted by Crippen LogP contribution is -2.48. The summed E-state index contributed by atoms with van der Waals surface area (Å²) in [6, 6.07) is 12.8. The molecule has 1 aliphatic heterocycles. The number of anilines is 1. The number of rotatable bonds is 5. The molecule has 2 aromatic heterocycles. The molecule has 160 valence electrons. The molecule has 1 fully saturated rings. The van der Waals surface area contributed by atoms with Gasteiger partial charge in [0.05, 0.1) is 18.8 Å². The second kappa shape index (κ2) is 8.81. The average Bonchev–Trinajstić information content (AvgIpc) is 2.81. The van der Waals surface area contributed by atoms with Crippen molar-refractivity contribution in [2.45, 2.75) is 25.9 Å². The molecule has 7 nitrogen and oxygen atoms in total. The predicted octanol–water partition coefficient (Wildman–Crippen LogP) is 3.05. The Bertz CT molecular complexity index is 1120. The Morgan fingerprint density at radius 3 is 2.52 bits per heavy atom. The Morgan fingerprint density at radius 1 is 1.13 bits per heavy atom. The molecular weight excluding hydrogens is 392 g/mol. The lowest BCUT2D eigenvalue weighted by molar-refractivity contribution is 0.0337. The first-order valence-electron chi connectivity index (χ1n) is 10.4. The van der Waals surface area contributed by atoms with Crippen LogP contribution in [-0.2, 0) is 11.8 Å². The van der Waals surface area contributed by atoms with Crippen LogP contribution in [0.3, 0.4) is 0 Å². The van der Waals surface area contributed by atoms with Gasteiger partial charge in [0.1, 0.15) is 6.10 Å². The van der Waals surface area contributed by atoms with Crippen molar-refractivity contribution in [3.63, 3.8) is 0 Å². The van der Waals surface area contributed by atoms with Crippen LogP contribution in [0.15, 0.2) is 59.7 Å². The molecule has 0 aliphatic carbocycles. The summed E-state index contributed by atoms with van der Waals surface area (Å²) in [5, 5.41) is 0. The molecule has 1 aliphatic rings. The van der Waals surface area contributed by atoms with Gasteiger partial charge in [-0.15, -0.1) is 0 Å². The number of ketones is 1. The number of hydrogen-bond donors (Lipinski definition) is 0. The van der Waals surface area contributed by atoms with E-state index in [0.717, 1.165) is 5.56 Å². The van der Waals surface area contributed by atoms with E-state index in [9.17, 15) is 9.59 Å². The van der Waals surface area contributed by atoms with Crippen LogP contribution in [0.4, 0.5) is 5.95 Å². The van der Waals surface area contributed by atoms with Gasteiger partial charge in [0, 0.05) is 43.2 Å². The molecule has 4 rings (SSSR count). The SMILES string of the molecule is CC(C)c1ccc(C(=O)C2CN(c3nc(-c4ccncc4)cc(=O)n3C)CCO2)cc1. The molecule has 31 heavy (non-hydrogen) atoms. The topological polar surface area (TPSA) is 77.3 Å². The maximum absolute atomic E-state index is 13.1. The molecular formula is C24H26N4O3. The molecule has 3 aromatic rings. The second-order valence-corrected chi connectivity index (χ2v) is 8.02. The van der Waals surface area contributed by atoms with Crippen LogP contribution in [0.1, 0.15) is 35.7 Å². The number of carbonyl (C=O) groups excluding carboxylic acids is 1. The lowest BCUT2D eigenvalue weighted by atomic mass is 9.98. The largest absolute Gasteiger partial charge is 0.366 e. The number of morpholine rings is 1. The maximum Gasteiger partial charge on any atom is 0.255 e. The molecule has 0 bridgehead atoms. The van der Waals surface area contributed by atoms with Gasteiger partial charge in [0.2, 0.25) is 5.95 Å². The van der Waals surface area contributed by atoms with Gasteiger partial charge in [-0.1, -0.05) is 38.1 Å². The first-order valence-corrected chi connectivity index (χ1v) is 10.4. The fourth-order valence-electron chi connectivity index (χ4n) is 3.69. The quantitative estimate of drug-likeness (QED) is 0.593. The van der Waals surface area contributed by atoms with Crippen LogP contribution in [-0.4, -0.2) is 46.1 Å². The third-order valence-corrected chi connectivity index (χ3v) is 5.59. The fraction of sp³-hybridized carbons (Fsp3) is 0.333. The molecule has 0 radical (unpaired) electrons. The van der Waals surface area contributed by atoms with Crippen LogP contribution < -0.4 is 10.5 Å². The molecule has 1 saturated heterocycles. The fourth-order valence-corrected chi connectivity index (χ4v) is 3.69. The number of Topliss-reactive ketones (excluding diaryl/α,β-unsaturated/α-hetero) is 1. The van der Waals surface area contributed by atoms with Gasteiger partial charge in [-0.25, -0.2) is 4.98 Å². The van der Waals surface area contributed by atoms with E-state index in [1.165, 1.54) is 16.2 Å². The highest BCUT2D eigenvalue weighted by atomic mass is 16.5. The number of carbonyl (C=O) groups is 1. The molecule has 0 amide bonds. The number of ether oxygens (including phenoxy) is 1. The molecule has 0 spiro atoms. The van der Waals surface area contributed by atoms with E-state index in [2.05, 4.69) is 18.8 Å². The van der Waals surface area contributed by atoms with Crippen molar-refractivity contribution in [1.29, 1.82) is 0 Å². The summed E-state index contributed by atoms with van der Waals surface area (Å²) in [5.74, 6) is 0.872. The Labute approximate surface area is 181 Å². The summed E-state index contributed by atoms with van der Waals surface area (Å²) in [6.45, 7) is 5.52. The standard InChI is InChI=1S/C24H26N4O3/c1-16(2)17-4-6-19(7-5-17)23(30)21-15-28(12-13-31-21)24-26-20(14-22(29)27(24)3)18-8-10-25-11-9-18/h4-11,14,16,21H,12-13,15H2,1-3H3. The highest BCUT2D eigenvalue weighted by molar-refractivity contribution is 6.00. The summed E-state index contributed by atoms with van der Waals surface area (Å²) >= 11 is 0. The van der Waals surface area contributed by atoms with Crippen LogP contribution in [0, 0.1) is 0 Å². The summed E-state index contributed by atoms with van der Waals surface area (Å²) in [6.07, 6.45) is 2.73. The Morgan fingerprint density at radius 2 is 1.84 bits per heavy atom. The maximum atomic E-state index is 13.1.